The molecule has 2 bridgehead atoms. The molecule has 3 fully saturated rings. The van der Waals surface area contributed by atoms with Crippen LogP contribution in [0.2, 0.25) is 0 Å². The predicted molar refractivity (Wildman–Crippen MR) is 179 cm³/mol. The Morgan fingerprint density at radius 1 is 0.920 bits per heavy atom. The quantitative estimate of drug-likeness (QED) is 0.156. The fourth-order valence-corrected chi connectivity index (χ4v) is 6.39. The first-order chi connectivity index (χ1) is 22.8. The van der Waals surface area contributed by atoms with Crippen LogP contribution >= 0.6 is 0 Å². The molecule has 14 atom stereocenters. The molecule has 0 aromatic heterocycles. The molecule has 5 N–H and O–H groups in total. The van der Waals surface area contributed by atoms with Crippen molar-refractivity contribution in [1.82, 2.24) is 4.90 Å². The SMILES string of the molecule is C[C@@H]1C/C=C/C=C/C=C/C=C/[C@H](OC2O[C@H](C)[C@@H](O)[C@H](N(C)C)[C@@H]2O)C[C@@H]2O[C@](O)(C[C@@H](O)C[C@H]3O[C@@H]3/C=C/C(=O)O1)C[C@H](O)[C@H]2[C-]=O.[CH3-].[Y]. The van der Waals surface area contributed by atoms with E-state index in [0.717, 1.165) is 0 Å². The van der Waals surface area contributed by atoms with Crippen LogP contribution in [-0.2, 0) is 66.0 Å². The maximum Gasteiger partial charge on any atom is 0.330 e. The fourth-order valence-electron chi connectivity index (χ4n) is 6.39. The van der Waals surface area contributed by atoms with Gasteiger partial charge in [-0.2, -0.15) is 0 Å². The molecule has 1 unspecified atom stereocenters. The number of fused-ring (bicyclic) bond motifs is 3. The number of carbonyl (C=O) groups is 1. The second kappa shape index (κ2) is 20.7. The normalized spacial score (nSPS) is 44.8. The summed E-state index contributed by atoms with van der Waals surface area (Å²) in [4.78, 5) is 25.9. The summed E-state index contributed by atoms with van der Waals surface area (Å²) < 4.78 is 29.0. The molecule has 279 valence electrons. The summed E-state index contributed by atoms with van der Waals surface area (Å²) in [6.07, 6.45) is 9.29. The number of carbonyl (C=O) groups excluding carboxylic acids is 2. The molecular weight excluding hydrogens is 727 g/mol. The van der Waals surface area contributed by atoms with Crippen LogP contribution in [-0.4, -0.2) is 136 Å². The Hall–Kier alpha value is -1.46. The number of aliphatic hydroxyl groups is 5. The Labute approximate surface area is 320 Å². The van der Waals surface area contributed by atoms with E-state index in [0.29, 0.717) is 6.42 Å². The van der Waals surface area contributed by atoms with Gasteiger partial charge in [0.2, 0.25) is 0 Å². The van der Waals surface area contributed by atoms with Gasteiger partial charge in [0.1, 0.15) is 18.3 Å². The van der Waals surface area contributed by atoms with Crippen LogP contribution < -0.4 is 0 Å². The van der Waals surface area contributed by atoms with E-state index in [-0.39, 0.29) is 71.9 Å². The summed E-state index contributed by atoms with van der Waals surface area (Å²) in [6, 6.07) is -0.688. The Balaban J connectivity index is 0.00000433. The topological polar surface area (TPSA) is 188 Å². The van der Waals surface area contributed by atoms with Crippen LogP contribution in [0.25, 0.3) is 0 Å². The van der Waals surface area contributed by atoms with Crippen molar-refractivity contribution >= 4 is 12.3 Å². The molecule has 0 aromatic carbocycles. The van der Waals surface area contributed by atoms with Gasteiger partial charge in [0, 0.05) is 83.1 Å². The van der Waals surface area contributed by atoms with E-state index in [1.165, 1.54) is 6.08 Å². The molecule has 50 heavy (non-hydrogen) atoms. The van der Waals surface area contributed by atoms with Gasteiger partial charge >= 0.3 is 5.97 Å². The third-order valence-electron chi connectivity index (χ3n) is 8.93. The van der Waals surface area contributed by atoms with E-state index < -0.39 is 84.9 Å². The van der Waals surface area contributed by atoms with Crippen molar-refractivity contribution in [3.05, 3.63) is 68.2 Å². The zero-order valence-corrected chi connectivity index (χ0v) is 32.3. The first-order valence-corrected chi connectivity index (χ1v) is 16.5. The number of hydrogen-bond donors (Lipinski definition) is 5. The molecule has 1 radical (unpaired) electrons. The van der Waals surface area contributed by atoms with Crippen LogP contribution in [0.1, 0.15) is 46.0 Å². The summed E-state index contributed by atoms with van der Waals surface area (Å²) in [6.45, 7) is 3.46. The monoisotopic (exact) mass is 780 g/mol. The number of allylic oxidation sites excluding steroid dienone is 6. The Bertz CT molecular complexity index is 1230. The Morgan fingerprint density at radius 2 is 1.60 bits per heavy atom. The minimum atomic E-state index is -1.99. The average molecular weight is 781 g/mol. The van der Waals surface area contributed by atoms with E-state index in [2.05, 4.69) is 0 Å². The number of hydrogen-bond acceptors (Lipinski definition) is 13. The molecule has 4 aliphatic rings. The molecule has 4 aliphatic heterocycles. The molecule has 0 aliphatic carbocycles. The zero-order chi connectivity index (χ0) is 35.0. The molecule has 3 saturated heterocycles. The van der Waals surface area contributed by atoms with Crippen LogP contribution in [0, 0.1) is 13.3 Å². The van der Waals surface area contributed by atoms with Crippen molar-refractivity contribution in [1.29, 1.82) is 0 Å². The van der Waals surface area contributed by atoms with Crippen molar-refractivity contribution in [2.45, 2.75) is 125 Å². The zero-order valence-electron chi connectivity index (χ0n) is 29.4. The standard InChI is InChI=1S/C35H50NO12.CH3.Y/c1-21-12-10-8-6-5-7-9-11-13-24(46-34-33(42)31(36(3)4)32(41)22(2)45-34)17-28-25(20-37)26(39)19-35(43,48-28)18-23(38)16-29-27(47-29)14-15-30(40)44-21;;/h5-11,13-15,21-29,31-34,38-39,41-43H,12,16-19H2,1-4H3;1H3;/q2*-1;/b6-5+,9-7+,10-8+,13-11+,15-14+;;/t21-,22-,23+,24+,25-,26+,27-,28+,29-,31+,32-,33+,34?,35-;;/m1../s1. The number of ether oxygens (including phenoxy) is 5. The Kier molecular flexibility index (Phi) is 18.5. The van der Waals surface area contributed by atoms with Gasteiger partial charge < -0.3 is 66.3 Å². The van der Waals surface area contributed by atoms with Gasteiger partial charge in [0.15, 0.2) is 12.1 Å². The minimum absolute atomic E-state index is 0. The van der Waals surface area contributed by atoms with Gasteiger partial charge in [-0.1, -0.05) is 54.5 Å². The van der Waals surface area contributed by atoms with Crippen molar-refractivity contribution in [2.24, 2.45) is 5.92 Å². The molecule has 0 aromatic rings. The molecule has 0 amide bonds. The molecule has 4 rings (SSSR count). The Morgan fingerprint density at radius 3 is 2.28 bits per heavy atom. The first kappa shape index (κ1) is 44.7. The average Bonchev–Trinajstić information content (AvgIpc) is 3.74. The largest absolute Gasteiger partial charge is 0.541 e. The number of cyclic esters (lactones) is 1. The first-order valence-electron chi connectivity index (χ1n) is 16.5. The number of rotatable bonds is 4. The summed E-state index contributed by atoms with van der Waals surface area (Å²) in [7, 11) is 3.45. The van der Waals surface area contributed by atoms with Crippen molar-refractivity contribution in [2.75, 3.05) is 14.1 Å². The molecular formula is C36H53NO12Y-2. The van der Waals surface area contributed by atoms with Gasteiger partial charge in [-0.3, -0.25) is 6.29 Å². The van der Waals surface area contributed by atoms with Gasteiger partial charge in [0.05, 0.1) is 36.6 Å². The number of nitrogens with zero attached hydrogens (tertiary/aromatic N) is 1. The molecule has 0 spiro atoms. The summed E-state index contributed by atoms with van der Waals surface area (Å²) >= 11 is 0. The van der Waals surface area contributed by atoms with Gasteiger partial charge in [-0.05, 0) is 34.0 Å². The predicted octanol–water partition coefficient (Wildman–Crippen LogP) is 1.20. The van der Waals surface area contributed by atoms with Crippen molar-refractivity contribution in [3.8, 4) is 0 Å². The van der Waals surface area contributed by atoms with Crippen LogP contribution in [0.5, 0.6) is 0 Å². The van der Waals surface area contributed by atoms with Crippen molar-refractivity contribution in [3.63, 3.8) is 0 Å². The molecule has 14 heteroatoms. The summed E-state index contributed by atoms with van der Waals surface area (Å²) in [5.41, 5.74) is 0. The number of epoxide rings is 1. The van der Waals surface area contributed by atoms with Crippen LogP contribution in [0.4, 0.5) is 0 Å². The second-order valence-electron chi connectivity index (χ2n) is 13.2. The minimum Gasteiger partial charge on any atom is -0.541 e. The smallest absolute Gasteiger partial charge is 0.330 e. The van der Waals surface area contributed by atoms with Crippen LogP contribution in [0.3, 0.4) is 0 Å². The third kappa shape index (κ3) is 12.9. The maximum atomic E-state index is 12.2. The molecule has 0 saturated carbocycles. The van der Waals surface area contributed by atoms with Gasteiger partial charge in [-0.25, -0.2) is 4.79 Å². The summed E-state index contributed by atoms with van der Waals surface area (Å²) in [5.74, 6) is -3.64. The van der Waals surface area contributed by atoms with E-state index >= 15 is 0 Å². The van der Waals surface area contributed by atoms with Gasteiger partial charge in [0.25, 0.3) is 0 Å². The van der Waals surface area contributed by atoms with Crippen molar-refractivity contribution < 1.29 is 91.5 Å². The van der Waals surface area contributed by atoms with E-state index in [4.69, 9.17) is 23.7 Å². The van der Waals surface area contributed by atoms with E-state index in [1.54, 1.807) is 69.3 Å². The third-order valence-corrected chi connectivity index (χ3v) is 8.93. The maximum absolute atomic E-state index is 12.2. The second-order valence-corrected chi connectivity index (χ2v) is 13.2. The fraction of sp³-hybridized carbons (Fsp3) is 0.639. The van der Waals surface area contributed by atoms with E-state index in [1.807, 2.05) is 24.5 Å². The molecule has 4 heterocycles. The number of esters is 1. The van der Waals surface area contributed by atoms with Gasteiger partial charge in [-0.15, -0.1) is 0 Å². The van der Waals surface area contributed by atoms with E-state index in [9.17, 15) is 35.1 Å². The number of likely N-dealkylation sites (N-methyl/N-ethyl adjacent to an activating group) is 1. The van der Waals surface area contributed by atoms with Crippen LogP contribution in [0.15, 0.2) is 60.8 Å². The molecule has 13 nitrogen and oxygen atoms in total. The number of aliphatic hydroxyl groups excluding tert-OH is 4. The summed E-state index contributed by atoms with van der Waals surface area (Å²) in [5, 5.41) is 54.9.